The fourth-order valence-electron chi connectivity index (χ4n) is 2.75. The van der Waals surface area contributed by atoms with Crippen LogP contribution in [0.5, 0.6) is 5.75 Å². The molecule has 4 rings (SSSR count). The van der Waals surface area contributed by atoms with Crippen molar-refractivity contribution in [1.29, 1.82) is 0 Å². The Labute approximate surface area is 188 Å². The van der Waals surface area contributed by atoms with E-state index in [0.29, 0.717) is 38.2 Å². The second kappa shape index (κ2) is 9.39. The molecule has 1 N–H and O–H groups in total. The second-order valence-corrected chi connectivity index (χ2v) is 8.32. The van der Waals surface area contributed by atoms with Gasteiger partial charge in [-0.25, -0.2) is 4.99 Å². The largest absolute Gasteiger partial charge is 0.488 e. The summed E-state index contributed by atoms with van der Waals surface area (Å²) in [6.45, 7) is 0.418. The van der Waals surface area contributed by atoms with Crippen molar-refractivity contribution in [3.8, 4) is 5.75 Å². The zero-order chi connectivity index (χ0) is 20.9. The number of amidine groups is 1. The number of hydrogen-bond acceptors (Lipinski definition) is 4. The summed E-state index contributed by atoms with van der Waals surface area (Å²) in [6, 6.07) is 22.3. The van der Waals surface area contributed by atoms with Crippen molar-refractivity contribution in [1.82, 2.24) is 5.32 Å². The van der Waals surface area contributed by atoms with Crippen molar-refractivity contribution in [2.24, 2.45) is 4.99 Å². The molecule has 1 aliphatic heterocycles. The van der Waals surface area contributed by atoms with Crippen molar-refractivity contribution in [2.45, 2.75) is 6.61 Å². The topological polar surface area (TPSA) is 50.7 Å². The maximum absolute atomic E-state index is 12.4. The van der Waals surface area contributed by atoms with E-state index in [1.54, 1.807) is 48.5 Å². The summed E-state index contributed by atoms with van der Waals surface area (Å²) in [4.78, 5) is 17.4. The summed E-state index contributed by atoms with van der Waals surface area (Å²) < 4.78 is 5.97. The van der Waals surface area contributed by atoms with Gasteiger partial charge in [0, 0.05) is 15.6 Å². The lowest BCUT2D eigenvalue weighted by atomic mass is 10.1. The molecule has 0 unspecified atom stereocenters. The normalized spacial score (nSPS) is 16.1. The van der Waals surface area contributed by atoms with Crippen LogP contribution in [-0.4, -0.2) is 11.1 Å². The molecule has 7 heteroatoms. The maximum atomic E-state index is 12.4. The van der Waals surface area contributed by atoms with E-state index >= 15 is 0 Å². The van der Waals surface area contributed by atoms with Crippen LogP contribution in [0.1, 0.15) is 11.1 Å². The zero-order valence-corrected chi connectivity index (χ0v) is 18.0. The van der Waals surface area contributed by atoms with Crippen LogP contribution in [0.15, 0.2) is 82.7 Å². The number of carbonyl (C=O) groups is 1. The fraction of sp³-hybridized carbons (Fsp3) is 0.0435. The Kier molecular flexibility index (Phi) is 6.43. The molecule has 0 atom stereocenters. The number of benzene rings is 3. The minimum Gasteiger partial charge on any atom is -0.488 e. The smallest absolute Gasteiger partial charge is 0.264 e. The van der Waals surface area contributed by atoms with Gasteiger partial charge in [0.15, 0.2) is 5.17 Å². The molecule has 0 radical (unpaired) electrons. The lowest BCUT2D eigenvalue weighted by Gasteiger charge is -2.10. The summed E-state index contributed by atoms with van der Waals surface area (Å²) in [5, 5.41) is 4.47. The lowest BCUT2D eigenvalue weighted by Crippen LogP contribution is -2.19. The molecule has 1 fully saturated rings. The molecule has 0 saturated carbocycles. The van der Waals surface area contributed by atoms with Gasteiger partial charge >= 0.3 is 0 Å². The summed E-state index contributed by atoms with van der Waals surface area (Å²) in [5.41, 5.74) is 2.48. The van der Waals surface area contributed by atoms with Gasteiger partial charge in [0.25, 0.3) is 5.91 Å². The molecule has 30 heavy (non-hydrogen) atoms. The molecule has 1 amide bonds. The highest BCUT2D eigenvalue weighted by Gasteiger charge is 2.24. The van der Waals surface area contributed by atoms with Crippen LogP contribution in [0.2, 0.25) is 10.0 Å². The number of carbonyl (C=O) groups excluding carboxylic acids is 1. The van der Waals surface area contributed by atoms with E-state index in [1.807, 2.05) is 30.3 Å². The number of nitrogens with zero attached hydrogens (tertiary/aromatic N) is 1. The van der Waals surface area contributed by atoms with Gasteiger partial charge in [-0.05, 0) is 65.9 Å². The number of nitrogens with one attached hydrogen (secondary N) is 1. The number of rotatable bonds is 5. The Morgan fingerprint density at radius 3 is 2.47 bits per heavy atom. The van der Waals surface area contributed by atoms with E-state index in [1.165, 1.54) is 11.8 Å². The highest BCUT2D eigenvalue weighted by molar-refractivity contribution is 8.18. The summed E-state index contributed by atoms with van der Waals surface area (Å²) in [7, 11) is 0. The number of hydrogen-bond donors (Lipinski definition) is 1. The first-order valence-corrected chi connectivity index (χ1v) is 10.7. The van der Waals surface area contributed by atoms with Crippen LogP contribution in [0, 0.1) is 0 Å². The molecule has 3 aromatic rings. The Morgan fingerprint density at radius 2 is 1.70 bits per heavy atom. The third kappa shape index (κ3) is 5.25. The van der Waals surface area contributed by atoms with E-state index in [-0.39, 0.29) is 5.91 Å². The van der Waals surface area contributed by atoms with Crippen molar-refractivity contribution >= 4 is 57.8 Å². The van der Waals surface area contributed by atoms with E-state index < -0.39 is 0 Å². The average Bonchev–Trinajstić information content (AvgIpc) is 3.08. The summed E-state index contributed by atoms with van der Waals surface area (Å²) >= 11 is 13.3. The number of halogens is 2. The third-order valence-corrected chi connectivity index (χ3v) is 5.60. The standard InChI is InChI=1S/C23H16Cl2N2O2S/c24-17-6-9-19(10-7-17)26-23-27-22(28)21(30-23)13-16-12-18(25)8-11-20(16)29-14-15-4-2-1-3-5-15/h1-13H,14H2,(H,26,27,28). The van der Waals surface area contributed by atoms with E-state index in [9.17, 15) is 4.79 Å². The fourth-order valence-corrected chi connectivity index (χ4v) is 3.89. The van der Waals surface area contributed by atoms with E-state index in [2.05, 4.69) is 10.3 Å². The van der Waals surface area contributed by atoms with Crippen LogP contribution in [-0.2, 0) is 11.4 Å². The molecule has 1 saturated heterocycles. The molecule has 1 aliphatic rings. The Balaban J connectivity index is 1.55. The highest BCUT2D eigenvalue weighted by Crippen LogP contribution is 2.32. The van der Waals surface area contributed by atoms with Gasteiger partial charge in [-0.1, -0.05) is 53.5 Å². The molecule has 3 aromatic carbocycles. The predicted octanol–water partition coefficient (Wildman–Crippen LogP) is 6.46. The first-order valence-electron chi connectivity index (χ1n) is 9.08. The number of aliphatic imine (C=N–C) groups is 1. The molecular weight excluding hydrogens is 439 g/mol. The average molecular weight is 455 g/mol. The summed E-state index contributed by atoms with van der Waals surface area (Å²) in [6.07, 6.45) is 1.76. The monoisotopic (exact) mass is 454 g/mol. The first-order chi connectivity index (χ1) is 14.6. The van der Waals surface area contributed by atoms with Gasteiger partial charge in [-0.3, -0.25) is 4.79 Å². The molecule has 0 aromatic heterocycles. The molecule has 4 nitrogen and oxygen atoms in total. The van der Waals surface area contributed by atoms with Crippen LogP contribution in [0.4, 0.5) is 5.69 Å². The predicted molar refractivity (Wildman–Crippen MR) is 124 cm³/mol. The van der Waals surface area contributed by atoms with Gasteiger partial charge in [0.05, 0.1) is 10.6 Å². The van der Waals surface area contributed by atoms with Crippen molar-refractivity contribution in [3.63, 3.8) is 0 Å². The molecule has 0 spiro atoms. The van der Waals surface area contributed by atoms with Gasteiger partial charge in [-0.15, -0.1) is 0 Å². The van der Waals surface area contributed by atoms with E-state index in [0.717, 1.165) is 11.1 Å². The highest BCUT2D eigenvalue weighted by atomic mass is 35.5. The lowest BCUT2D eigenvalue weighted by molar-refractivity contribution is -0.115. The number of amides is 1. The number of thioether (sulfide) groups is 1. The van der Waals surface area contributed by atoms with Crippen molar-refractivity contribution < 1.29 is 9.53 Å². The molecule has 0 bridgehead atoms. The van der Waals surface area contributed by atoms with Gasteiger partial charge in [0.1, 0.15) is 12.4 Å². The van der Waals surface area contributed by atoms with Gasteiger partial charge in [-0.2, -0.15) is 0 Å². The van der Waals surface area contributed by atoms with Crippen LogP contribution < -0.4 is 10.1 Å². The first kappa shape index (κ1) is 20.5. The van der Waals surface area contributed by atoms with Gasteiger partial charge < -0.3 is 10.1 Å². The summed E-state index contributed by atoms with van der Waals surface area (Å²) in [5.74, 6) is 0.425. The third-order valence-electron chi connectivity index (χ3n) is 4.20. The SMILES string of the molecule is O=C1NC(=Nc2ccc(Cl)cc2)SC1=Cc1cc(Cl)ccc1OCc1ccccc1. The maximum Gasteiger partial charge on any atom is 0.264 e. The molecule has 1 heterocycles. The van der Waals surface area contributed by atoms with Crippen molar-refractivity contribution in [3.05, 3.63) is 98.9 Å². The molecule has 0 aliphatic carbocycles. The molecule has 150 valence electrons. The van der Waals surface area contributed by atoms with Crippen LogP contribution in [0.3, 0.4) is 0 Å². The Morgan fingerprint density at radius 1 is 0.967 bits per heavy atom. The minimum absolute atomic E-state index is 0.221. The number of ether oxygens (including phenoxy) is 1. The zero-order valence-electron chi connectivity index (χ0n) is 15.6. The Hall–Kier alpha value is -2.73. The molecular formula is C23H16Cl2N2O2S. The van der Waals surface area contributed by atoms with E-state index in [4.69, 9.17) is 27.9 Å². The second-order valence-electron chi connectivity index (χ2n) is 6.41. The van der Waals surface area contributed by atoms with Crippen molar-refractivity contribution in [2.75, 3.05) is 0 Å². The quantitative estimate of drug-likeness (QED) is 0.449. The van der Waals surface area contributed by atoms with Crippen LogP contribution in [0.25, 0.3) is 6.08 Å². The van der Waals surface area contributed by atoms with Gasteiger partial charge in [0.2, 0.25) is 0 Å². The minimum atomic E-state index is -0.221. The Bertz CT molecular complexity index is 1130. The van der Waals surface area contributed by atoms with Crippen LogP contribution >= 0.6 is 35.0 Å².